The van der Waals surface area contributed by atoms with E-state index in [-0.39, 0.29) is 11.8 Å². The molecule has 2 N–H and O–H groups in total. The maximum atomic E-state index is 12.6. The van der Waals surface area contributed by atoms with Gasteiger partial charge in [0.05, 0.1) is 0 Å². The van der Waals surface area contributed by atoms with E-state index >= 15 is 0 Å². The van der Waals surface area contributed by atoms with Crippen LogP contribution < -0.4 is 15.7 Å². The second-order valence-corrected chi connectivity index (χ2v) is 7.16. The summed E-state index contributed by atoms with van der Waals surface area (Å²) >= 11 is 0. The summed E-state index contributed by atoms with van der Waals surface area (Å²) < 4.78 is 0. The van der Waals surface area contributed by atoms with Crippen molar-refractivity contribution < 1.29 is 19.5 Å². The number of nitrogens with one attached hydrogen (secondary N) is 2. The van der Waals surface area contributed by atoms with E-state index in [1.807, 2.05) is 31.2 Å². The number of hydrogen-bond donors (Lipinski definition) is 2. The summed E-state index contributed by atoms with van der Waals surface area (Å²) in [6.07, 6.45) is 2.59. The third-order valence-electron chi connectivity index (χ3n) is 5.19. The van der Waals surface area contributed by atoms with Gasteiger partial charge in [0.25, 0.3) is 5.91 Å². The molecule has 0 saturated heterocycles. The SMILES string of the molecule is Cc1ccccc1NC(=O)c1cccc(NC(=O)[C@@H]2CCCC[C@H]2C(=O)[O-])c1. The van der Waals surface area contributed by atoms with Gasteiger partial charge in [0.2, 0.25) is 5.91 Å². The molecule has 0 radical (unpaired) electrons. The highest BCUT2D eigenvalue weighted by Gasteiger charge is 2.31. The van der Waals surface area contributed by atoms with Crippen molar-refractivity contribution in [2.45, 2.75) is 32.6 Å². The van der Waals surface area contributed by atoms with Crippen molar-refractivity contribution in [1.29, 1.82) is 0 Å². The molecular formula is C22H23N2O4-. The number of para-hydroxylation sites is 1. The molecule has 0 heterocycles. The van der Waals surface area contributed by atoms with Gasteiger partial charge in [-0.15, -0.1) is 0 Å². The summed E-state index contributed by atoms with van der Waals surface area (Å²) in [5, 5.41) is 16.9. The minimum absolute atomic E-state index is 0.282. The fourth-order valence-electron chi connectivity index (χ4n) is 3.61. The lowest BCUT2D eigenvalue weighted by Gasteiger charge is -2.31. The summed E-state index contributed by atoms with van der Waals surface area (Å²) in [6, 6.07) is 14.1. The Labute approximate surface area is 164 Å². The van der Waals surface area contributed by atoms with Crippen molar-refractivity contribution >= 4 is 29.2 Å². The maximum Gasteiger partial charge on any atom is 0.255 e. The first-order chi connectivity index (χ1) is 13.5. The van der Waals surface area contributed by atoms with Crippen LogP contribution in [0.1, 0.15) is 41.6 Å². The number of carboxylic acids is 1. The van der Waals surface area contributed by atoms with Gasteiger partial charge in [0.15, 0.2) is 0 Å². The number of aryl methyl sites for hydroxylation is 1. The zero-order valence-corrected chi connectivity index (χ0v) is 15.7. The van der Waals surface area contributed by atoms with Gasteiger partial charge in [-0.05, 0) is 49.6 Å². The van der Waals surface area contributed by atoms with E-state index in [4.69, 9.17) is 0 Å². The van der Waals surface area contributed by atoms with Gasteiger partial charge in [-0.25, -0.2) is 0 Å². The second kappa shape index (κ2) is 8.69. The molecule has 2 atom stereocenters. The van der Waals surface area contributed by atoms with E-state index in [9.17, 15) is 19.5 Å². The second-order valence-electron chi connectivity index (χ2n) is 7.16. The fourth-order valence-corrected chi connectivity index (χ4v) is 3.61. The van der Waals surface area contributed by atoms with Crippen molar-refractivity contribution in [3.05, 3.63) is 59.7 Å². The summed E-state index contributed by atoms with van der Waals surface area (Å²) in [6.45, 7) is 1.91. The standard InChI is InChI=1S/C22H24N2O4/c1-14-7-2-5-12-19(14)24-20(25)15-8-6-9-16(13-15)23-21(26)17-10-3-4-11-18(17)22(27)28/h2,5-9,12-13,17-18H,3-4,10-11H2,1H3,(H,23,26)(H,24,25)(H,27,28)/p-1/t17-,18-/m1/s1. The number of benzene rings is 2. The molecule has 2 amide bonds. The number of rotatable bonds is 5. The van der Waals surface area contributed by atoms with Crippen LogP contribution in [0.2, 0.25) is 0 Å². The third kappa shape index (κ3) is 4.57. The maximum absolute atomic E-state index is 12.6. The molecule has 1 saturated carbocycles. The first kappa shape index (κ1) is 19.6. The van der Waals surface area contributed by atoms with Crippen LogP contribution >= 0.6 is 0 Å². The van der Waals surface area contributed by atoms with Crippen molar-refractivity contribution in [3.8, 4) is 0 Å². The van der Waals surface area contributed by atoms with Crippen LogP contribution in [0.4, 0.5) is 11.4 Å². The van der Waals surface area contributed by atoms with E-state index in [1.165, 1.54) is 0 Å². The molecule has 3 rings (SSSR count). The number of hydrogen-bond acceptors (Lipinski definition) is 4. The summed E-state index contributed by atoms with van der Waals surface area (Å²) in [4.78, 5) is 36.5. The van der Waals surface area contributed by atoms with E-state index in [0.717, 1.165) is 24.1 Å². The smallest absolute Gasteiger partial charge is 0.255 e. The molecule has 6 heteroatoms. The van der Waals surface area contributed by atoms with Gasteiger partial charge in [-0.3, -0.25) is 9.59 Å². The molecule has 2 aromatic carbocycles. The molecule has 1 aliphatic carbocycles. The lowest BCUT2D eigenvalue weighted by Crippen LogP contribution is -2.42. The predicted molar refractivity (Wildman–Crippen MR) is 105 cm³/mol. The Balaban J connectivity index is 1.70. The normalized spacial score (nSPS) is 18.9. The van der Waals surface area contributed by atoms with Gasteiger partial charge in [0.1, 0.15) is 0 Å². The van der Waals surface area contributed by atoms with Crippen molar-refractivity contribution in [2.24, 2.45) is 11.8 Å². The quantitative estimate of drug-likeness (QED) is 0.834. The van der Waals surface area contributed by atoms with Gasteiger partial charge < -0.3 is 20.5 Å². The topological polar surface area (TPSA) is 98.3 Å². The Bertz CT molecular complexity index is 894. The van der Waals surface area contributed by atoms with Crippen LogP contribution in [0.15, 0.2) is 48.5 Å². The zero-order chi connectivity index (χ0) is 20.1. The highest BCUT2D eigenvalue weighted by atomic mass is 16.4. The van der Waals surface area contributed by atoms with Crippen LogP contribution in [-0.2, 0) is 9.59 Å². The summed E-state index contributed by atoms with van der Waals surface area (Å²) in [7, 11) is 0. The summed E-state index contributed by atoms with van der Waals surface area (Å²) in [5.41, 5.74) is 2.54. The van der Waals surface area contributed by atoms with Gasteiger partial charge in [-0.2, -0.15) is 0 Å². The van der Waals surface area contributed by atoms with Crippen LogP contribution in [-0.4, -0.2) is 17.8 Å². The minimum atomic E-state index is -1.17. The molecule has 0 bridgehead atoms. The van der Waals surface area contributed by atoms with E-state index in [2.05, 4.69) is 10.6 Å². The monoisotopic (exact) mass is 379 g/mol. The fraction of sp³-hybridized carbons (Fsp3) is 0.318. The Kier molecular flexibility index (Phi) is 6.09. The largest absolute Gasteiger partial charge is 0.550 e. The molecule has 6 nitrogen and oxygen atoms in total. The molecule has 0 aromatic heterocycles. The molecule has 0 spiro atoms. The molecule has 0 unspecified atom stereocenters. The lowest BCUT2D eigenvalue weighted by atomic mass is 9.78. The van der Waals surface area contributed by atoms with Crippen molar-refractivity contribution in [3.63, 3.8) is 0 Å². The zero-order valence-electron chi connectivity index (χ0n) is 15.7. The number of anilines is 2. The van der Waals surface area contributed by atoms with Crippen LogP contribution in [0, 0.1) is 18.8 Å². The van der Waals surface area contributed by atoms with E-state index in [0.29, 0.717) is 24.1 Å². The Morgan fingerprint density at radius 1 is 0.929 bits per heavy atom. The van der Waals surface area contributed by atoms with Gasteiger partial charge >= 0.3 is 0 Å². The average Bonchev–Trinajstić information content (AvgIpc) is 2.70. The molecule has 146 valence electrons. The first-order valence-corrected chi connectivity index (χ1v) is 9.44. The van der Waals surface area contributed by atoms with Crippen molar-refractivity contribution in [1.82, 2.24) is 0 Å². The van der Waals surface area contributed by atoms with Crippen LogP contribution in [0.3, 0.4) is 0 Å². The Morgan fingerprint density at radius 3 is 2.36 bits per heavy atom. The number of carbonyl (C=O) groups excluding carboxylic acids is 3. The minimum Gasteiger partial charge on any atom is -0.550 e. The third-order valence-corrected chi connectivity index (χ3v) is 5.19. The highest BCUT2D eigenvalue weighted by molar-refractivity contribution is 6.05. The molecule has 28 heavy (non-hydrogen) atoms. The molecule has 1 fully saturated rings. The van der Waals surface area contributed by atoms with Gasteiger partial charge in [-0.1, -0.05) is 37.1 Å². The van der Waals surface area contributed by atoms with Crippen molar-refractivity contribution in [2.75, 3.05) is 10.6 Å². The molecule has 0 aliphatic heterocycles. The van der Waals surface area contributed by atoms with Crippen LogP contribution in [0.25, 0.3) is 0 Å². The molecule has 2 aromatic rings. The van der Waals surface area contributed by atoms with Gasteiger partial charge in [0, 0.05) is 34.7 Å². The van der Waals surface area contributed by atoms with E-state index < -0.39 is 17.8 Å². The Morgan fingerprint density at radius 2 is 1.64 bits per heavy atom. The average molecular weight is 379 g/mol. The molecule has 1 aliphatic rings. The number of carboxylic acid groups (broad SMARTS) is 1. The Hall–Kier alpha value is -3.15. The number of carbonyl (C=O) groups is 3. The summed E-state index contributed by atoms with van der Waals surface area (Å²) in [5.74, 6) is -3.17. The van der Waals surface area contributed by atoms with Crippen LogP contribution in [0.5, 0.6) is 0 Å². The van der Waals surface area contributed by atoms with E-state index in [1.54, 1.807) is 24.3 Å². The highest BCUT2D eigenvalue weighted by Crippen LogP contribution is 2.31. The number of aliphatic carboxylic acids is 1. The lowest BCUT2D eigenvalue weighted by molar-refractivity contribution is -0.313. The first-order valence-electron chi connectivity index (χ1n) is 9.44. The number of amides is 2. The predicted octanol–water partition coefficient (Wildman–Crippen LogP) is 2.74. The molecular weight excluding hydrogens is 356 g/mol.